The number of benzene rings is 2. The van der Waals surface area contributed by atoms with Gasteiger partial charge in [0.05, 0.1) is 16.6 Å². The van der Waals surface area contributed by atoms with Gasteiger partial charge in [0.15, 0.2) is 5.43 Å². The van der Waals surface area contributed by atoms with Crippen LogP contribution in [-0.4, -0.2) is 20.6 Å². The van der Waals surface area contributed by atoms with Crippen molar-refractivity contribution >= 4 is 17.0 Å². The van der Waals surface area contributed by atoms with Crippen molar-refractivity contribution in [1.29, 1.82) is 0 Å². The highest BCUT2D eigenvalue weighted by Gasteiger charge is 2.13. The molecule has 1 aromatic heterocycles. The molecule has 0 aliphatic rings. The SMILES string of the molecule is CCCCCc1nc2ccc(=O)ccc2n1Cc1ccc(-c2ccccc2C(=O)O)cc1. The molecule has 3 aromatic carbocycles. The van der Waals surface area contributed by atoms with Crippen molar-refractivity contribution in [3.63, 3.8) is 0 Å². The van der Waals surface area contributed by atoms with Crippen LogP contribution in [0, 0.1) is 0 Å². The molecule has 1 N–H and O–H groups in total. The number of aryl methyl sites for hydroxylation is 1. The molecule has 0 saturated carbocycles. The molecule has 0 atom stereocenters. The van der Waals surface area contributed by atoms with Crippen LogP contribution >= 0.6 is 0 Å². The lowest BCUT2D eigenvalue weighted by Gasteiger charge is -2.11. The van der Waals surface area contributed by atoms with E-state index in [0.717, 1.165) is 53.7 Å². The zero-order valence-corrected chi connectivity index (χ0v) is 18.1. The molecular formula is C27H26N2O3. The molecule has 32 heavy (non-hydrogen) atoms. The van der Waals surface area contributed by atoms with Crippen molar-refractivity contribution in [3.05, 3.63) is 100.0 Å². The van der Waals surface area contributed by atoms with Gasteiger partial charge < -0.3 is 9.67 Å². The number of unbranched alkanes of at least 4 members (excludes halogenated alkanes) is 2. The first-order valence-corrected chi connectivity index (χ1v) is 11.0. The van der Waals surface area contributed by atoms with Crippen molar-refractivity contribution < 1.29 is 9.90 Å². The number of aromatic carboxylic acids is 1. The van der Waals surface area contributed by atoms with Gasteiger partial charge in [-0.25, -0.2) is 9.78 Å². The van der Waals surface area contributed by atoms with Crippen LogP contribution in [0.15, 0.2) is 77.6 Å². The van der Waals surface area contributed by atoms with E-state index in [9.17, 15) is 14.7 Å². The Morgan fingerprint density at radius 2 is 1.69 bits per heavy atom. The van der Waals surface area contributed by atoms with E-state index in [0.29, 0.717) is 17.7 Å². The Kier molecular flexibility index (Phi) is 6.45. The zero-order valence-electron chi connectivity index (χ0n) is 18.1. The van der Waals surface area contributed by atoms with Crippen LogP contribution in [0.4, 0.5) is 0 Å². The summed E-state index contributed by atoms with van der Waals surface area (Å²) in [4.78, 5) is 28.2. The minimum absolute atomic E-state index is 0.0384. The van der Waals surface area contributed by atoms with E-state index < -0.39 is 5.97 Å². The molecule has 1 heterocycles. The Morgan fingerprint density at radius 3 is 2.44 bits per heavy atom. The van der Waals surface area contributed by atoms with Gasteiger partial charge >= 0.3 is 5.97 Å². The van der Waals surface area contributed by atoms with E-state index in [1.165, 1.54) is 0 Å². The summed E-state index contributed by atoms with van der Waals surface area (Å²) < 4.78 is 2.19. The highest BCUT2D eigenvalue weighted by atomic mass is 16.4. The lowest BCUT2D eigenvalue weighted by atomic mass is 9.99. The largest absolute Gasteiger partial charge is 0.478 e. The second kappa shape index (κ2) is 9.60. The van der Waals surface area contributed by atoms with Crippen LogP contribution in [0.1, 0.15) is 47.9 Å². The van der Waals surface area contributed by atoms with Gasteiger partial charge in [-0.2, -0.15) is 0 Å². The highest BCUT2D eigenvalue weighted by Crippen LogP contribution is 2.25. The molecule has 0 unspecified atom stereocenters. The Morgan fingerprint density at radius 1 is 0.938 bits per heavy atom. The number of nitrogens with zero attached hydrogens (tertiary/aromatic N) is 2. The Hall–Kier alpha value is -3.73. The molecule has 4 aromatic rings. The summed E-state index contributed by atoms with van der Waals surface area (Å²) in [7, 11) is 0. The lowest BCUT2D eigenvalue weighted by Crippen LogP contribution is -2.06. The van der Waals surface area contributed by atoms with E-state index in [2.05, 4.69) is 11.5 Å². The summed E-state index contributed by atoms with van der Waals surface area (Å²) in [6.45, 7) is 2.82. The number of fused-ring (bicyclic) bond motifs is 1. The quantitative estimate of drug-likeness (QED) is 0.375. The first kappa shape index (κ1) is 21.5. The first-order valence-electron chi connectivity index (χ1n) is 11.0. The number of hydrogen-bond acceptors (Lipinski definition) is 3. The van der Waals surface area contributed by atoms with Crippen LogP contribution in [-0.2, 0) is 13.0 Å². The third-order valence-corrected chi connectivity index (χ3v) is 5.69. The Bertz CT molecular complexity index is 1310. The molecule has 0 fully saturated rings. The smallest absolute Gasteiger partial charge is 0.336 e. The third kappa shape index (κ3) is 4.62. The first-order chi connectivity index (χ1) is 15.6. The number of rotatable bonds is 8. The van der Waals surface area contributed by atoms with Gasteiger partial charge in [-0.05, 0) is 53.4 Å². The molecule has 0 spiro atoms. The molecule has 0 aliphatic carbocycles. The second-order valence-corrected chi connectivity index (χ2v) is 7.96. The molecule has 0 aliphatic heterocycles. The Labute approximate surface area is 187 Å². The number of aromatic nitrogens is 2. The number of imidazole rings is 1. The minimum atomic E-state index is -0.933. The van der Waals surface area contributed by atoms with Crippen LogP contribution in [0.25, 0.3) is 22.2 Å². The molecule has 5 nitrogen and oxygen atoms in total. The van der Waals surface area contributed by atoms with Crippen LogP contribution < -0.4 is 5.43 Å². The van der Waals surface area contributed by atoms with Gasteiger partial charge in [-0.1, -0.05) is 62.2 Å². The van der Waals surface area contributed by atoms with Gasteiger partial charge in [0, 0.05) is 13.0 Å². The molecule has 4 rings (SSSR count). The molecule has 0 bridgehead atoms. The molecule has 162 valence electrons. The molecule has 5 heteroatoms. The maximum atomic E-state index is 11.8. The van der Waals surface area contributed by atoms with Crippen LogP contribution in [0.3, 0.4) is 0 Å². The topological polar surface area (TPSA) is 72.2 Å². The van der Waals surface area contributed by atoms with Crippen molar-refractivity contribution in [2.24, 2.45) is 0 Å². The summed E-state index contributed by atoms with van der Waals surface area (Å²) >= 11 is 0. The van der Waals surface area contributed by atoms with E-state index in [4.69, 9.17) is 4.98 Å². The number of carbonyl (C=O) groups is 1. The normalized spacial score (nSPS) is 11.0. The lowest BCUT2D eigenvalue weighted by molar-refractivity contribution is 0.0697. The van der Waals surface area contributed by atoms with Gasteiger partial charge in [-0.3, -0.25) is 4.79 Å². The monoisotopic (exact) mass is 426 g/mol. The van der Waals surface area contributed by atoms with Gasteiger partial charge in [-0.15, -0.1) is 0 Å². The second-order valence-electron chi connectivity index (χ2n) is 7.96. The van der Waals surface area contributed by atoms with Crippen molar-refractivity contribution in [1.82, 2.24) is 9.55 Å². The fraction of sp³-hybridized carbons (Fsp3) is 0.222. The number of carboxylic acid groups (broad SMARTS) is 1. The Balaban J connectivity index is 1.68. The maximum Gasteiger partial charge on any atom is 0.336 e. The maximum absolute atomic E-state index is 11.8. The highest BCUT2D eigenvalue weighted by molar-refractivity contribution is 5.96. The van der Waals surface area contributed by atoms with Gasteiger partial charge in [0.1, 0.15) is 5.82 Å². The van der Waals surface area contributed by atoms with E-state index >= 15 is 0 Å². The minimum Gasteiger partial charge on any atom is -0.478 e. The number of hydrogen-bond donors (Lipinski definition) is 1. The molecular weight excluding hydrogens is 400 g/mol. The third-order valence-electron chi connectivity index (χ3n) is 5.69. The predicted molar refractivity (Wildman–Crippen MR) is 127 cm³/mol. The van der Waals surface area contributed by atoms with Gasteiger partial charge in [0.25, 0.3) is 0 Å². The summed E-state index contributed by atoms with van der Waals surface area (Å²) in [6.07, 6.45) is 4.26. The van der Waals surface area contributed by atoms with Gasteiger partial charge in [0.2, 0.25) is 0 Å². The van der Waals surface area contributed by atoms with Crippen LogP contribution in [0.5, 0.6) is 0 Å². The molecule has 0 saturated heterocycles. The molecule has 0 radical (unpaired) electrons. The summed E-state index contributed by atoms with van der Waals surface area (Å²) in [5.41, 5.74) is 4.68. The number of carboxylic acids is 1. The standard InChI is InChI=1S/C27H26N2O3/c1-2-3-4-9-26-28-24-16-14-21(30)15-17-25(24)29(26)18-19-10-12-20(13-11-19)22-7-5-6-8-23(22)27(31)32/h5-8,10-17H,2-4,9,18H2,1H3,(H,31,32). The average molecular weight is 427 g/mol. The van der Waals surface area contributed by atoms with Crippen molar-refractivity contribution in [2.75, 3.05) is 0 Å². The fourth-order valence-electron chi connectivity index (χ4n) is 4.00. The van der Waals surface area contributed by atoms with E-state index in [-0.39, 0.29) is 5.43 Å². The zero-order chi connectivity index (χ0) is 22.5. The summed E-state index contributed by atoms with van der Waals surface area (Å²) in [5, 5.41) is 9.48. The molecule has 0 amide bonds. The van der Waals surface area contributed by atoms with Crippen molar-refractivity contribution in [2.45, 2.75) is 39.2 Å². The van der Waals surface area contributed by atoms with E-state index in [1.54, 1.807) is 30.3 Å². The van der Waals surface area contributed by atoms with E-state index in [1.807, 2.05) is 42.5 Å². The van der Waals surface area contributed by atoms with Crippen LogP contribution in [0.2, 0.25) is 0 Å². The average Bonchev–Trinajstić information content (AvgIpc) is 3.01. The summed E-state index contributed by atoms with van der Waals surface area (Å²) in [5.74, 6) is 0.0873. The van der Waals surface area contributed by atoms with Crippen molar-refractivity contribution in [3.8, 4) is 11.1 Å². The predicted octanol–water partition coefficient (Wildman–Crippen LogP) is 5.54. The summed E-state index contributed by atoms with van der Waals surface area (Å²) in [6, 6.07) is 21.8. The fourth-order valence-corrected chi connectivity index (χ4v) is 4.00.